The minimum Gasteiger partial charge on any atom is -0.358 e. The number of pyridine rings is 1. The van der Waals surface area contributed by atoms with Crippen LogP contribution in [-0.4, -0.2) is 16.9 Å². The monoisotopic (exact) mass is 360 g/mol. The van der Waals surface area contributed by atoms with Gasteiger partial charge in [0.25, 0.3) is 0 Å². The Bertz CT molecular complexity index is 978. The van der Waals surface area contributed by atoms with Crippen LogP contribution in [0.15, 0.2) is 53.3 Å². The van der Waals surface area contributed by atoms with Crippen molar-refractivity contribution in [3.05, 3.63) is 81.1 Å². The van der Waals surface area contributed by atoms with E-state index in [1.807, 2.05) is 42.3 Å². The number of aromatic amines is 1. The van der Waals surface area contributed by atoms with Crippen molar-refractivity contribution >= 4 is 10.9 Å². The second kappa shape index (κ2) is 6.96. The molecule has 0 spiro atoms. The first-order valence-corrected chi connectivity index (χ1v) is 8.21. The van der Waals surface area contributed by atoms with Crippen molar-refractivity contribution in [3.8, 4) is 0 Å². The van der Waals surface area contributed by atoms with Crippen LogP contribution in [0.1, 0.15) is 22.4 Å². The highest BCUT2D eigenvalue weighted by atomic mass is 19.4. The minimum atomic E-state index is -4.44. The quantitative estimate of drug-likeness (QED) is 0.744. The lowest BCUT2D eigenvalue weighted by Gasteiger charge is -2.18. The molecule has 0 saturated heterocycles. The van der Waals surface area contributed by atoms with Crippen LogP contribution in [0.3, 0.4) is 0 Å². The molecule has 3 rings (SSSR count). The molecule has 3 nitrogen and oxygen atoms in total. The van der Waals surface area contributed by atoms with Gasteiger partial charge in [-0.05, 0) is 37.7 Å². The third-order valence-electron chi connectivity index (χ3n) is 4.36. The number of aryl methyl sites for hydroxylation is 1. The van der Waals surface area contributed by atoms with E-state index in [2.05, 4.69) is 4.98 Å². The summed E-state index contributed by atoms with van der Waals surface area (Å²) in [6.45, 7) is 2.80. The summed E-state index contributed by atoms with van der Waals surface area (Å²) in [4.78, 5) is 17.7. The first-order valence-electron chi connectivity index (χ1n) is 8.21. The molecule has 3 aromatic rings. The highest BCUT2D eigenvalue weighted by molar-refractivity contribution is 5.80. The van der Waals surface area contributed by atoms with E-state index in [1.54, 1.807) is 6.92 Å². The highest BCUT2D eigenvalue weighted by Gasteiger charge is 2.30. The van der Waals surface area contributed by atoms with Crippen molar-refractivity contribution in [1.82, 2.24) is 9.88 Å². The number of alkyl halides is 3. The van der Waals surface area contributed by atoms with Crippen molar-refractivity contribution in [2.24, 2.45) is 0 Å². The van der Waals surface area contributed by atoms with E-state index in [0.717, 1.165) is 17.7 Å². The molecular formula is C20H19F3N2O. The average molecular weight is 360 g/mol. The number of halogens is 3. The van der Waals surface area contributed by atoms with Crippen molar-refractivity contribution in [2.45, 2.75) is 26.2 Å². The minimum absolute atomic E-state index is 0.205. The molecular weight excluding hydrogens is 341 g/mol. The third-order valence-corrected chi connectivity index (χ3v) is 4.36. The molecule has 0 saturated carbocycles. The molecule has 26 heavy (non-hydrogen) atoms. The topological polar surface area (TPSA) is 36.1 Å². The van der Waals surface area contributed by atoms with Gasteiger partial charge in [0.2, 0.25) is 0 Å². The van der Waals surface area contributed by atoms with Gasteiger partial charge in [-0.25, -0.2) is 0 Å². The van der Waals surface area contributed by atoms with Crippen LogP contribution in [0.25, 0.3) is 10.9 Å². The molecule has 136 valence electrons. The van der Waals surface area contributed by atoms with E-state index in [-0.39, 0.29) is 16.3 Å². The Kier molecular flexibility index (Phi) is 4.87. The number of aromatic nitrogens is 1. The fourth-order valence-corrected chi connectivity index (χ4v) is 3.04. The molecule has 0 fully saturated rings. The van der Waals surface area contributed by atoms with Crippen LogP contribution in [-0.2, 0) is 19.3 Å². The number of hydrogen-bond acceptors (Lipinski definition) is 2. The summed E-state index contributed by atoms with van der Waals surface area (Å²) in [7, 11) is 1.91. The first-order chi connectivity index (χ1) is 12.3. The van der Waals surface area contributed by atoms with Crippen molar-refractivity contribution in [1.29, 1.82) is 0 Å². The summed E-state index contributed by atoms with van der Waals surface area (Å²) in [6, 6.07) is 13.0. The smallest absolute Gasteiger partial charge is 0.358 e. The number of nitrogens with zero attached hydrogens (tertiary/aromatic N) is 1. The van der Waals surface area contributed by atoms with Gasteiger partial charge in [0.05, 0.1) is 11.1 Å². The molecule has 0 aliphatic heterocycles. The maximum Gasteiger partial charge on any atom is 0.416 e. The van der Waals surface area contributed by atoms with Gasteiger partial charge >= 0.3 is 6.18 Å². The standard InChI is InChI=1S/C20H19F3N2O/c1-13-17(12-25(2)11-14-6-4-3-5-7-14)19(26)16-9-8-15(20(21,22)23)10-18(16)24-13/h3-10H,11-12H2,1-2H3,(H,24,26). The van der Waals surface area contributed by atoms with Gasteiger partial charge in [0, 0.05) is 29.7 Å². The van der Waals surface area contributed by atoms with Crippen LogP contribution >= 0.6 is 0 Å². The van der Waals surface area contributed by atoms with Gasteiger partial charge in [-0.15, -0.1) is 0 Å². The third kappa shape index (κ3) is 3.80. The molecule has 1 aromatic heterocycles. The zero-order chi connectivity index (χ0) is 18.9. The van der Waals surface area contributed by atoms with E-state index < -0.39 is 11.7 Å². The lowest BCUT2D eigenvalue weighted by Crippen LogP contribution is -2.24. The maximum absolute atomic E-state index is 12.9. The number of fused-ring (bicyclic) bond motifs is 1. The summed E-state index contributed by atoms with van der Waals surface area (Å²) in [5, 5.41) is 0.270. The largest absolute Gasteiger partial charge is 0.416 e. The fraction of sp³-hybridized carbons (Fsp3) is 0.250. The van der Waals surface area contributed by atoms with Crippen LogP contribution in [0.2, 0.25) is 0 Å². The Morgan fingerprint density at radius 3 is 2.38 bits per heavy atom. The number of benzene rings is 2. The van der Waals surface area contributed by atoms with Gasteiger partial charge in [-0.2, -0.15) is 13.2 Å². The lowest BCUT2D eigenvalue weighted by molar-refractivity contribution is -0.137. The predicted octanol–water partition coefficient (Wildman–Crippen LogP) is 4.49. The number of rotatable bonds is 4. The Balaban J connectivity index is 1.93. The number of H-pyrrole nitrogens is 1. The summed E-state index contributed by atoms with van der Waals surface area (Å²) < 4.78 is 38.6. The van der Waals surface area contributed by atoms with E-state index in [0.29, 0.717) is 24.3 Å². The van der Waals surface area contributed by atoms with Crippen molar-refractivity contribution < 1.29 is 13.2 Å². The summed E-state index contributed by atoms with van der Waals surface area (Å²) in [5.74, 6) is 0. The van der Waals surface area contributed by atoms with Gasteiger partial charge in [-0.3, -0.25) is 9.69 Å². The van der Waals surface area contributed by atoms with Gasteiger partial charge < -0.3 is 4.98 Å². The zero-order valence-electron chi connectivity index (χ0n) is 14.5. The normalized spacial score (nSPS) is 12.1. The van der Waals surface area contributed by atoms with Crippen molar-refractivity contribution in [2.75, 3.05) is 7.05 Å². The van der Waals surface area contributed by atoms with Crippen molar-refractivity contribution in [3.63, 3.8) is 0 Å². The SMILES string of the molecule is Cc1[nH]c2cc(C(F)(F)F)ccc2c(=O)c1CN(C)Cc1ccccc1. The predicted molar refractivity (Wildman–Crippen MR) is 95.9 cm³/mol. The Morgan fingerprint density at radius 1 is 1.04 bits per heavy atom. The van der Waals surface area contributed by atoms with E-state index in [4.69, 9.17) is 0 Å². The van der Waals surface area contributed by atoms with E-state index in [9.17, 15) is 18.0 Å². The second-order valence-electron chi connectivity index (χ2n) is 6.47. The van der Waals surface area contributed by atoms with E-state index in [1.165, 1.54) is 6.07 Å². The van der Waals surface area contributed by atoms with Gasteiger partial charge in [-0.1, -0.05) is 30.3 Å². The Morgan fingerprint density at radius 2 is 1.73 bits per heavy atom. The summed E-state index contributed by atoms with van der Waals surface area (Å²) in [5.41, 5.74) is 1.48. The van der Waals surface area contributed by atoms with E-state index >= 15 is 0 Å². The zero-order valence-corrected chi connectivity index (χ0v) is 14.5. The molecule has 0 aliphatic carbocycles. The van der Waals surface area contributed by atoms with Crippen LogP contribution in [0, 0.1) is 6.92 Å². The fourth-order valence-electron chi connectivity index (χ4n) is 3.04. The maximum atomic E-state index is 12.9. The lowest BCUT2D eigenvalue weighted by atomic mass is 10.1. The second-order valence-corrected chi connectivity index (χ2v) is 6.47. The first kappa shape index (κ1) is 18.2. The van der Waals surface area contributed by atoms with Crippen LogP contribution in [0.4, 0.5) is 13.2 Å². The molecule has 0 unspecified atom stereocenters. The average Bonchev–Trinajstić information content (AvgIpc) is 2.58. The molecule has 1 heterocycles. The summed E-state index contributed by atoms with van der Waals surface area (Å²) in [6.07, 6.45) is -4.44. The van der Waals surface area contributed by atoms with Gasteiger partial charge in [0.15, 0.2) is 5.43 Å². The van der Waals surface area contributed by atoms with Crippen LogP contribution in [0.5, 0.6) is 0 Å². The molecule has 0 aliphatic rings. The molecule has 0 bridgehead atoms. The Hall–Kier alpha value is -2.60. The molecule has 0 atom stereocenters. The molecule has 2 aromatic carbocycles. The Labute approximate surface area is 149 Å². The number of hydrogen-bond donors (Lipinski definition) is 1. The molecule has 6 heteroatoms. The highest BCUT2D eigenvalue weighted by Crippen LogP contribution is 2.30. The molecule has 0 amide bonds. The molecule has 1 N–H and O–H groups in total. The summed E-state index contributed by atoms with van der Waals surface area (Å²) >= 11 is 0. The van der Waals surface area contributed by atoms with Crippen LogP contribution < -0.4 is 5.43 Å². The van der Waals surface area contributed by atoms with Gasteiger partial charge in [0.1, 0.15) is 0 Å². The molecule has 0 radical (unpaired) electrons. The number of nitrogens with one attached hydrogen (secondary N) is 1.